The summed E-state index contributed by atoms with van der Waals surface area (Å²) in [5.74, 6) is 4.89. The van der Waals surface area contributed by atoms with Crippen LogP contribution >= 0.6 is 0 Å². The van der Waals surface area contributed by atoms with Crippen LogP contribution in [0.15, 0.2) is 54.6 Å². The van der Waals surface area contributed by atoms with E-state index < -0.39 is 0 Å². The SMILES string of the molecule is CC(C)c1nc(Nc2n[nH]c3ccccc23)cc(N2CCOCC2)n1.CNc1ccc(OC)cc1.O=CC1CC1. The van der Waals surface area contributed by atoms with Gasteiger partial charge in [0.15, 0.2) is 5.82 Å². The van der Waals surface area contributed by atoms with Crippen LogP contribution in [0, 0.1) is 5.92 Å². The summed E-state index contributed by atoms with van der Waals surface area (Å²) in [7, 11) is 3.55. The highest BCUT2D eigenvalue weighted by Crippen LogP contribution is 2.27. The largest absolute Gasteiger partial charge is 0.497 e. The van der Waals surface area contributed by atoms with E-state index >= 15 is 0 Å². The molecular formula is C30H39N7O3. The molecule has 10 nitrogen and oxygen atoms in total. The Hall–Kier alpha value is -4.18. The van der Waals surface area contributed by atoms with Gasteiger partial charge in [-0.2, -0.15) is 5.10 Å². The van der Waals surface area contributed by atoms with Gasteiger partial charge in [-0.05, 0) is 49.2 Å². The van der Waals surface area contributed by atoms with Gasteiger partial charge in [-0.15, -0.1) is 0 Å². The second-order valence-electron chi connectivity index (χ2n) is 9.92. The molecule has 2 aromatic carbocycles. The Bertz CT molecular complexity index is 1320. The maximum atomic E-state index is 9.57. The molecule has 4 aromatic rings. The average molecular weight is 546 g/mol. The maximum Gasteiger partial charge on any atom is 0.161 e. The minimum atomic E-state index is 0.248. The van der Waals surface area contributed by atoms with Gasteiger partial charge in [0.05, 0.1) is 25.8 Å². The Balaban J connectivity index is 0.000000201. The van der Waals surface area contributed by atoms with Gasteiger partial charge < -0.3 is 29.8 Å². The number of carbonyl (C=O) groups is 1. The Kier molecular flexibility index (Phi) is 10.3. The third-order valence-electron chi connectivity index (χ3n) is 6.49. The summed E-state index contributed by atoms with van der Waals surface area (Å²) >= 11 is 0. The first kappa shape index (κ1) is 28.8. The highest BCUT2D eigenvalue weighted by Gasteiger charge is 2.19. The molecule has 0 atom stereocenters. The first-order chi connectivity index (χ1) is 19.5. The normalized spacial score (nSPS) is 14.5. The van der Waals surface area contributed by atoms with Gasteiger partial charge in [0.1, 0.15) is 29.5 Å². The Morgan fingerprint density at radius 1 is 1.07 bits per heavy atom. The molecule has 1 saturated carbocycles. The second-order valence-corrected chi connectivity index (χ2v) is 9.92. The number of morpholine rings is 1. The highest BCUT2D eigenvalue weighted by atomic mass is 16.5. The lowest BCUT2D eigenvalue weighted by atomic mass is 10.2. The van der Waals surface area contributed by atoms with Crippen molar-refractivity contribution in [1.29, 1.82) is 0 Å². The number of H-pyrrole nitrogens is 1. The van der Waals surface area contributed by atoms with Crippen LogP contribution in [-0.4, -0.2) is 66.9 Å². The first-order valence-corrected chi connectivity index (χ1v) is 13.7. The van der Waals surface area contributed by atoms with Crippen LogP contribution in [0.3, 0.4) is 0 Å². The van der Waals surface area contributed by atoms with Crippen LogP contribution in [0.1, 0.15) is 38.4 Å². The lowest BCUT2D eigenvalue weighted by molar-refractivity contribution is -0.108. The Morgan fingerprint density at radius 2 is 1.80 bits per heavy atom. The number of anilines is 4. The molecule has 1 aliphatic heterocycles. The van der Waals surface area contributed by atoms with Gasteiger partial charge in [0.25, 0.3) is 0 Å². The Labute approximate surface area is 235 Å². The summed E-state index contributed by atoms with van der Waals surface area (Å²) in [6.07, 6.45) is 3.31. The minimum Gasteiger partial charge on any atom is -0.497 e. The van der Waals surface area contributed by atoms with Crippen LogP contribution in [0.25, 0.3) is 10.9 Å². The number of hydrogen-bond acceptors (Lipinski definition) is 9. The van der Waals surface area contributed by atoms with E-state index in [1.54, 1.807) is 7.11 Å². The van der Waals surface area contributed by atoms with Gasteiger partial charge in [-0.3, -0.25) is 5.10 Å². The van der Waals surface area contributed by atoms with E-state index in [9.17, 15) is 4.79 Å². The van der Waals surface area contributed by atoms with E-state index in [-0.39, 0.29) is 5.92 Å². The fourth-order valence-corrected chi connectivity index (χ4v) is 3.90. The number of aromatic amines is 1. The molecule has 3 heterocycles. The Morgan fingerprint density at radius 3 is 2.40 bits per heavy atom. The third-order valence-corrected chi connectivity index (χ3v) is 6.49. The third kappa shape index (κ3) is 8.16. The molecule has 10 heteroatoms. The minimum absolute atomic E-state index is 0.248. The maximum absolute atomic E-state index is 9.57. The molecule has 0 unspecified atom stereocenters. The lowest BCUT2D eigenvalue weighted by Crippen LogP contribution is -2.37. The van der Waals surface area contributed by atoms with Crippen molar-refractivity contribution in [2.45, 2.75) is 32.6 Å². The molecule has 2 aliphatic rings. The first-order valence-electron chi connectivity index (χ1n) is 13.7. The van der Waals surface area contributed by atoms with Crippen molar-refractivity contribution in [3.63, 3.8) is 0 Å². The number of aromatic nitrogens is 4. The van der Waals surface area contributed by atoms with E-state index in [1.807, 2.05) is 61.6 Å². The molecule has 6 rings (SSSR count). The molecular weight excluding hydrogens is 506 g/mol. The summed E-state index contributed by atoms with van der Waals surface area (Å²) in [5, 5.41) is 14.8. The smallest absolute Gasteiger partial charge is 0.161 e. The topological polar surface area (TPSA) is 117 Å². The van der Waals surface area contributed by atoms with Crippen molar-refractivity contribution >= 4 is 40.3 Å². The highest BCUT2D eigenvalue weighted by molar-refractivity contribution is 5.91. The number of nitrogens with zero attached hydrogens (tertiary/aromatic N) is 4. The van der Waals surface area contributed by atoms with E-state index in [0.717, 1.165) is 91.0 Å². The molecule has 0 amide bonds. The number of aldehydes is 1. The van der Waals surface area contributed by atoms with Crippen molar-refractivity contribution in [3.8, 4) is 5.75 Å². The number of rotatable bonds is 7. The van der Waals surface area contributed by atoms with Crippen molar-refractivity contribution in [2.24, 2.45) is 5.92 Å². The van der Waals surface area contributed by atoms with Crippen molar-refractivity contribution in [3.05, 3.63) is 60.4 Å². The second kappa shape index (κ2) is 14.3. The van der Waals surface area contributed by atoms with Crippen LogP contribution in [-0.2, 0) is 9.53 Å². The molecule has 0 bridgehead atoms. The van der Waals surface area contributed by atoms with Gasteiger partial charge in [0, 0.05) is 49.1 Å². The van der Waals surface area contributed by atoms with Crippen molar-refractivity contribution in [1.82, 2.24) is 20.2 Å². The molecule has 1 aliphatic carbocycles. The quantitative estimate of drug-likeness (QED) is 0.263. The number of nitrogens with one attached hydrogen (secondary N) is 3. The predicted octanol–water partition coefficient (Wildman–Crippen LogP) is 5.39. The van der Waals surface area contributed by atoms with Gasteiger partial charge >= 0.3 is 0 Å². The van der Waals surface area contributed by atoms with Gasteiger partial charge in [0.2, 0.25) is 0 Å². The van der Waals surface area contributed by atoms with Crippen molar-refractivity contribution in [2.75, 3.05) is 56.0 Å². The molecule has 2 fully saturated rings. The molecule has 212 valence electrons. The summed E-state index contributed by atoms with van der Waals surface area (Å²) < 4.78 is 10.4. The number of fused-ring (bicyclic) bond motifs is 1. The predicted molar refractivity (Wildman–Crippen MR) is 160 cm³/mol. The summed E-state index contributed by atoms with van der Waals surface area (Å²) in [6.45, 7) is 7.36. The van der Waals surface area contributed by atoms with Crippen LogP contribution < -0.4 is 20.3 Å². The monoisotopic (exact) mass is 545 g/mol. The number of ether oxygens (including phenoxy) is 2. The number of para-hydroxylation sites is 1. The number of hydrogen-bond donors (Lipinski definition) is 3. The lowest BCUT2D eigenvalue weighted by Gasteiger charge is -2.28. The number of carbonyl (C=O) groups excluding carboxylic acids is 1. The zero-order chi connectivity index (χ0) is 28.3. The zero-order valence-corrected chi connectivity index (χ0v) is 23.7. The fraction of sp³-hybridized carbons (Fsp3) is 0.400. The fourth-order valence-electron chi connectivity index (χ4n) is 3.90. The van der Waals surface area contributed by atoms with Crippen LogP contribution in [0.4, 0.5) is 23.1 Å². The number of methoxy groups -OCH3 is 1. The zero-order valence-electron chi connectivity index (χ0n) is 23.7. The van der Waals surface area contributed by atoms with E-state index in [0.29, 0.717) is 5.92 Å². The van der Waals surface area contributed by atoms with E-state index in [4.69, 9.17) is 14.5 Å². The van der Waals surface area contributed by atoms with Crippen LogP contribution in [0.2, 0.25) is 0 Å². The van der Waals surface area contributed by atoms with Crippen LogP contribution in [0.5, 0.6) is 5.75 Å². The summed E-state index contributed by atoms with van der Waals surface area (Å²) in [4.78, 5) is 21.2. The molecule has 0 spiro atoms. The molecule has 0 radical (unpaired) electrons. The standard InChI is InChI=1S/C18H22N6O.C8H11NO.C4H6O/c1-12(2)17-19-15(11-16(21-17)24-7-9-25-10-8-24)20-18-13-5-3-4-6-14(13)22-23-18;1-9-7-3-5-8(10-2)6-4-7;5-3-4-1-2-4/h3-6,11-12H,7-10H2,1-2H3,(H2,19,20,21,22,23);3-6,9H,1-2H3;3-4H,1-2H2. The van der Waals surface area contributed by atoms with Gasteiger partial charge in [-0.25, -0.2) is 9.97 Å². The van der Waals surface area contributed by atoms with Gasteiger partial charge in [-0.1, -0.05) is 26.0 Å². The summed E-state index contributed by atoms with van der Waals surface area (Å²) in [6, 6.07) is 17.8. The average Bonchev–Trinajstić information content (AvgIpc) is 3.78. The molecule has 3 N–H and O–H groups in total. The van der Waals surface area contributed by atoms with E-state index in [2.05, 4.69) is 44.6 Å². The molecule has 1 saturated heterocycles. The molecule has 2 aromatic heterocycles. The number of benzene rings is 2. The van der Waals surface area contributed by atoms with E-state index in [1.165, 1.54) is 0 Å². The molecule has 40 heavy (non-hydrogen) atoms. The summed E-state index contributed by atoms with van der Waals surface area (Å²) in [5.41, 5.74) is 2.09. The van der Waals surface area contributed by atoms with Crippen molar-refractivity contribution < 1.29 is 14.3 Å².